The summed E-state index contributed by atoms with van der Waals surface area (Å²) in [6.45, 7) is 5.57. The Bertz CT molecular complexity index is 541. The predicted molar refractivity (Wildman–Crippen MR) is 77.7 cm³/mol. The van der Waals surface area contributed by atoms with Crippen LogP contribution in [-0.4, -0.2) is 46.4 Å². The molecule has 0 radical (unpaired) electrons. The standard InChI is InChI=1S/C14H21N5O2/c1-4-5-15-11(9-20-3)6-12-18-14(19-21-12)13-16-7-10(2)8-17-13/h7-8,11,15H,4-6,9H2,1-3H3. The lowest BCUT2D eigenvalue weighted by molar-refractivity contribution is 0.161. The minimum absolute atomic E-state index is 0.155. The summed E-state index contributed by atoms with van der Waals surface area (Å²) in [7, 11) is 1.68. The summed E-state index contributed by atoms with van der Waals surface area (Å²) in [5.41, 5.74) is 0.992. The fraction of sp³-hybridized carbons (Fsp3) is 0.571. The van der Waals surface area contributed by atoms with Gasteiger partial charge in [0.15, 0.2) is 0 Å². The highest BCUT2D eigenvalue weighted by atomic mass is 16.5. The molecule has 0 aliphatic carbocycles. The monoisotopic (exact) mass is 291 g/mol. The van der Waals surface area contributed by atoms with Crippen molar-refractivity contribution in [1.82, 2.24) is 25.4 Å². The Morgan fingerprint density at radius 1 is 1.29 bits per heavy atom. The van der Waals surface area contributed by atoms with Gasteiger partial charge in [0.25, 0.3) is 0 Å². The largest absolute Gasteiger partial charge is 0.383 e. The number of aromatic nitrogens is 4. The van der Waals surface area contributed by atoms with E-state index in [0.717, 1.165) is 18.5 Å². The van der Waals surface area contributed by atoms with E-state index < -0.39 is 0 Å². The number of hydrogen-bond donors (Lipinski definition) is 1. The molecular formula is C14H21N5O2. The third-order valence-electron chi connectivity index (χ3n) is 2.92. The molecule has 0 spiro atoms. The Morgan fingerprint density at radius 3 is 2.71 bits per heavy atom. The maximum Gasteiger partial charge on any atom is 0.240 e. The van der Waals surface area contributed by atoms with E-state index in [4.69, 9.17) is 9.26 Å². The van der Waals surface area contributed by atoms with Crippen LogP contribution < -0.4 is 5.32 Å². The van der Waals surface area contributed by atoms with Gasteiger partial charge in [0.2, 0.25) is 17.5 Å². The zero-order valence-corrected chi connectivity index (χ0v) is 12.7. The van der Waals surface area contributed by atoms with Crippen LogP contribution in [0.15, 0.2) is 16.9 Å². The molecule has 0 fully saturated rings. The second kappa shape index (κ2) is 7.80. The molecule has 0 aliphatic rings. The summed E-state index contributed by atoms with van der Waals surface area (Å²) in [5, 5.41) is 7.32. The Kier molecular flexibility index (Phi) is 5.77. The minimum Gasteiger partial charge on any atom is -0.383 e. The van der Waals surface area contributed by atoms with Crippen molar-refractivity contribution in [3.63, 3.8) is 0 Å². The third kappa shape index (κ3) is 4.57. The summed E-state index contributed by atoms with van der Waals surface area (Å²) in [5.74, 6) is 1.44. The molecule has 7 nitrogen and oxygen atoms in total. The van der Waals surface area contributed by atoms with Crippen LogP contribution in [0.3, 0.4) is 0 Å². The molecule has 0 saturated heterocycles. The highest BCUT2D eigenvalue weighted by Gasteiger charge is 2.16. The number of rotatable bonds is 8. The molecule has 1 unspecified atom stereocenters. The number of nitrogens with zero attached hydrogens (tertiary/aromatic N) is 4. The van der Waals surface area contributed by atoms with Gasteiger partial charge in [0, 0.05) is 32.0 Å². The van der Waals surface area contributed by atoms with Crippen molar-refractivity contribution in [3.8, 4) is 11.6 Å². The fourth-order valence-corrected chi connectivity index (χ4v) is 1.89. The van der Waals surface area contributed by atoms with Crippen LogP contribution in [-0.2, 0) is 11.2 Å². The van der Waals surface area contributed by atoms with Gasteiger partial charge in [0.1, 0.15) is 0 Å². The lowest BCUT2D eigenvalue weighted by Crippen LogP contribution is -2.35. The molecular weight excluding hydrogens is 270 g/mol. The average molecular weight is 291 g/mol. The van der Waals surface area contributed by atoms with Crippen molar-refractivity contribution in [2.45, 2.75) is 32.7 Å². The van der Waals surface area contributed by atoms with Crippen LogP contribution in [0, 0.1) is 6.92 Å². The van der Waals surface area contributed by atoms with Gasteiger partial charge in [0.05, 0.1) is 6.61 Å². The quantitative estimate of drug-likeness (QED) is 0.786. The Hall–Kier alpha value is -1.86. The first-order valence-corrected chi connectivity index (χ1v) is 7.06. The topological polar surface area (TPSA) is 86.0 Å². The zero-order chi connectivity index (χ0) is 15.1. The second-order valence-corrected chi connectivity index (χ2v) is 4.91. The van der Waals surface area contributed by atoms with E-state index in [2.05, 4.69) is 32.3 Å². The van der Waals surface area contributed by atoms with Crippen LogP contribution >= 0.6 is 0 Å². The van der Waals surface area contributed by atoms with Gasteiger partial charge >= 0.3 is 0 Å². The molecule has 0 aliphatic heterocycles. The average Bonchev–Trinajstić information content (AvgIpc) is 2.94. The summed E-state index contributed by atoms with van der Waals surface area (Å²) >= 11 is 0. The molecule has 114 valence electrons. The number of nitrogens with one attached hydrogen (secondary N) is 1. The lowest BCUT2D eigenvalue weighted by atomic mass is 10.2. The van der Waals surface area contributed by atoms with Crippen molar-refractivity contribution >= 4 is 0 Å². The molecule has 2 heterocycles. The number of aryl methyl sites for hydroxylation is 1. The van der Waals surface area contributed by atoms with Gasteiger partial charge in [-0.1, -0.05) is 12.1 Å². The molecule has 2 rings (SSSR count). The van der Waals surface area contributed by atoms with E-state index >= 15 is 0 Å². The van der Waals surface area contributed by atoms with Gasteiger partial charge < -0.3 is 14.6 Å². The first-order chi connectivity index (χ1) is 10.2. The summed E-state index contributed by atoms with van der Waals surface area (Å²) in [6, 6.07) is 0.155. The minimum atomic E-state index is 0.155. The fourth-order valence-electron chi connectivity index (χ4n) is 1.89. The van der Waals surface area contributed by atoms with Crippen LogP contribution in [0.4, 0.5) is 0 Å². The number of methoxy groups -OCH3 is 1. The van der Waals surface area contributed by atoms with Crippen LogP contribution in [0.25, 0.3) is 11.6 Å². The SMILES string of the molecule is CCCNC(COC)Cc1nc(-c2ncc(C)cn2)no1. The third-order valence-corrected chi connectivity index (χ3v) is 2.92. The Balaban J connectivity index is 2.02. The molecule has 2 aromatic rings. The summed E-state index contributed by atoms with van der Waals surface area (Å²) < 4.78 is 10.5. The lowest BCUT2D eigenvalue weighted by Gasteiger charge is -2.15. The van der Waals surface area contributed by atoms with Crippen molar-refractivity contribution < 1.29 is 9.26 Å². The van der Waals surface area contributed by atoms with E-state index in [9.17, 15) is 0 Å². The van der Waals surface area contributed by atoms with Gasteiger partial charge in [-0.2, -0.15) is 4.98 Å². The van der Waals surface area contributed by atoms with Crippen molar-refractivity contribution in [1.29, 1.82) is 0 Å². The Labute approximate surface area is 124 Å². The molecule has 1 N–H and O–H groups in total. The smallest absolute Gasteiger partial charge is 0.240 e. The maximum atomic E-state index is 5.27. The Morgan fingerprint density at radius 2 is 2.05 bits per heavy atom. The number of ether oxygens (including phenoxy) is 1. The van der Waals surface area contributed by atoms with Crippen molar-refractivity contribution in [2.24, 2.45) is 0 Å². The molecule has 0 bridgehead atoms. The van der Waals surface area contributed by atoms with Crippen molar-refractivity contribution in [2.75, 3.05) is 20.3 Å². The zero-order valence-electron chi connectivity index (χ0n) is 12.7. The highest BCUT2D eigenvalue weighted by molar-refractivity contribution is 5.40. The van der Waals surface area contributed by atoms with E-state index in [1.165, 1.54) is 0 Å². The highest BCUT2D eigenvalue weighted by Crippen LogP contribution is 2.11. The molecule has 7 heteroatoms. The van der Waals surface area contributed by atoms with Gasteiger partial charge in [-0.3, -0.25) is 0 Å². The molecule has 1 atom stereocenters. The molecule has 0 aromatic carbocycles. The van der Waals surface area contributed by atoms with E-state index in [1.807, 2.05) is 6.92 Å². The molecule has 0 saturated carbocycles. The normalized spacial score (nSPS) is 12.5. The number of hydrogen-bond acceptors (Lipinski definition) is 7. The molecule has 21 heavy (non-hydrogen) atoms. The predicted octanol–water partition coefficient (Wildman–Crippen LogP) is 1.39. The van der Waals surface area contributed by atoms with Crippen LogP contribution in [0.2, 0.25) is 0 Å². The van der Waals surface area contributed by atoms with E-state index in [0.29, 0.717) is 30.6 Å². The summed E-state index contributed by atoms with van der Waals surface area (Å²) in [6.07, 6.45) is 5.14. The maximum absolute atomic E-state index is 5.27. The second-order valence-electron chi connectivity index (χ2n) is 4.91. The van der Waals surface area contributed by atoms with Crippen LogP contribution in [0.1, 0.15) is 24.8 Å². The van der Waals surface area contributed by atoms with Crippen molar-refractivity contribution in [3.05, 3.63) is 23.8 Å². The van der Waals surface area contributed by atoms with E-state index in [-0.39, 0.29) is 6.04 Å². The molecule has 0 amide bonds. The first kappa shape index (κ1) is 15.5. The van der Waals surface area contributed by atoms with E-state index in [1.54, 1.807) is 19.5 Å². The van der Waals surface area contributed by atoms with Crippen LogP contribution in [0.5, 0.6) is 0 Å². The molecule has 2 aromatic heterocycles. The van der Waals surface area contributed by atoms with Gasteiger partial charge in [-0.05, 0) is 25.5 Å². The van der Waals surface area contributed by atoms with Gasteiger partial charge in [-0.15, -0.1) is 0 Å². The van der Waals surface area contributed by atoms with Gasteiger partial charge in [-0.25, -0.2) is 9.97 Å². The summed E-state index contributed by atoms with van der Waals surface area (Å²) in [4.78, 5) is 12.7. The first-order valence-electron chi connectivity index (χ1n) is 7.06.